The number of aromatic amines is 1. The SMILES string of the molecule is CC(C)(C)c1cc(/C=N/Nc2nnc(-c3ccccc3)c(=O)[nH]2)cc(C(C)(C)C)c1O. The van der Waals surface area contributed by atoms with Gasteiger partial charge in [0, 0.05) is 16.7 Å². The first-order valence-corrected chi connectivity index (χ1v) is 10.2. The van der Waals surface area contributed by atoms with E-state index < -0.39 is 0 Å². The first kappa shape index (κ1) is 22.2. The highest BCUT2D eigenvalue weighted by Gasteiger charge is 2.26. The van der Waals surface area contributed by atoms with Crippen molar-refractivity contribution in [1.29, 1.82) is 0 Å². The Morgan fingerprint density at radius 1 is 0.968 bits per heavy atom. The molecular weight excluding hydrogens is 390 g/mol. The molecule has 0 amide bonds. The fraction of sp³-hybridized carbons (Fsp3) is 0.333. The molecule has 162 valence electrons. The second-order valence-corrected chi connectivity index (χ2v) is 9.55. The Bertz CT molecular complexity index is 1120. The molecule has 0 aliphatic rings. The van der Waals surface area contributed by atoms with Crippen LogP contribution in [0.5, 0.6) is 5.75 Å². The molecule has 1 heterocycles. The van der Waals surface area contributed by atoms with Gasteiger partial charge in [0.2, 0.25) is 5.95 Å². The molecule has 0 atom stereocenters. The van der Waals surface area contributed by atoms with Crippen molar-refractivity contribution in [3.8, 4) is 17.0 Å². The summed E-state index contributed by atoms with van der Waals surface area (Å²) >= 11 is 0. The van der Waals surface area contributed by atoms with E-state index in [4.69, 9.17) is 0 Å². The van der Waals surface area contributed by atoms with Crippen LogP contribution in [0.1, 0.15) is 58.2 Å². The molecule has 0 radical (unpaired) electrons. The minimum Gasteiger partial charge on any atom is -0.507 e. The summed E-state index contributed by atoms with van der Waals surface area (Å²) in [5, 5.41) is 23.0. The Morgan fingerprint density at radius 2 is 1.55 bits per heavy atom. The number of rotatable bonds is 4. The summed E-state index contributed by atoms with van der Waals surface area (Å²) in [6.45, 7) is 12.3. The van der Waals surface area contributed by atoms with Crippen LogP contribution in [0, 0.1) is 0 Å². The topological polar surface area (TPSA) is 103 Å². The van der Waals surface area contributed by atoms with Crippen LogP contribution in [0.4, 0.5) is 5.95 Å². The zero-order valence-electron chi connectivity index (χ0n) is 18.8. The van der Waals surface area contributed by atoms with E-state index in [0.717, 1.165) is 16.7 Å². The molecule has 0 bridgehead atoms. The lowest BCUT2D eigenvalue weighted by atomic mass is 9.78. The van der Waals surface area contributed by atoms with Crippen molar-refractivity contribution < 1.29 is 5.11 Å². The van der Waals surface area contributed by atoms with Crippen molar-refractivity contribution in [2.75, 3.05) is 5.43 Å². The molecule has 0 unspecified atom stereocenters. The fourth-order valence-electron chi connectivity index (χ4n) is 3.22. The number of nitrogens with one attached hydrogen (secondary N) is 2. The Kier molecular flexibility index (Phi) is 5.97. The lowest BCUT2D eigenvalue weighted by Crippen LogP contribution is -2.18. The number of hydrogen-bond acceptors (Lipinski definition) is 6. The lowest BCUT2D eigenvalue weighted by molar-refractivity contribution is 0.423. The van der Waals surface area contributed by atoms with E-state index in [9.17, 15) is 9.90 Å². The molecule has 3 aromatic rings. The average molecular weight is 420 g/mol. The highest BCUT2D eigenvalue weighted by atomic mass is 16.3. The maximum absolute atomic E-state index is 12.3. The molecule has 31 heavy (non-hydrogen) atoms. The number of hydrogen-bond donors (Lipinski definition) is 3. The van der Waals surface area contributed by atoms with E-state index in [-0.39, 0.29) is 28.0 Å². The van der Waals surface area contributed by atoms with E-state index in [1.165, 1.54) is 0 Å². The van der Waals surface area contributed by atoms with E-state index in [1.54, 1.807) is 18.3 Å². The van der Waals surface area contributed by atoms with E-state index in [0.29, 0.717) is 11.3 Å². The van der Waals surface area contributed by atoms with Gasteiger partial charge in [0.05, 0.1) is 6.21 Å². The summed E-state index contributed by atoms with van der Waals surface area (Å²) in [7, 11) is 0. The molecule has 7 heteroatoms. The molecular formula is C24H29N5O2. The maximum atomic E-state index is 12.3. The van der Waals surface area contributed by atoms with Crippen LogP contribution >= 0.6 is 0 Å². The smallest absolute Gasteiger partial charge is 0.279 e. The van der Waals surface area contributed by atoms with Crippen LogP contribution in [-0.2, 0) is 10.8 Å². The highest BCUT2D eigenvalue weighted by Crippen LogP contribution is 2.39. The van der Waals surface area contributed by atoms with Crippen molar-refractivity contribution in [3.63, 3.8) is 0 Å². The van der Waals surface area contributed by atoms with Crippen molar-refractivity contribution in [2.24, 2.45) is 5.10 Å². The maximum Gasteiger partial charge on any atom is 0.279 e. The third kappa shape index (κ3) is 5.17. The van der Waals surface area contributed by atoms with Gasteiger partial charge in [-0.15, -0.1) is 10.2 Å². The Balaban J connectivity index is 1.87. The number of aromatic hydroxyl groups is 1. The summed E-state index contributed by atoms with van der Waals surface area (Å²) in [5.74, 6) is 0.462. The molecule has 3 N–H and O–H groups in total. The molecule has 7 nitrogen and oxygen atoms in total. The Hall–Kier alpha value is -3.48. The van der Waals surface area contributed by atoms with Gasteiger partial charge in [-0.3, -0.25) is 9.78 Å². The van der Waals surface area contributed by atoms with E-state index in [1.807, 2.05) is 30.3 Å². The summed E-state index contributed by atoms with van der Waals surface area (Å²) in [4.78, 5) is 15.0. The third-order valence-electron chi connectivity index (χ3n) is 4.88. The lowest BCUT2D eigenvalue weighted by Gasteiger charge is -2.27. The minimum absolute atomic E-state index is 0.145. The van der Waals surface area contributed by atoms with Gasteiger partial charge in [0.1, 0.15) is 5.75 Å². The number of H-pyrrole nitrogens is 1. The van der Waals surface area contributed by atoms with E-state index >= 15 is 0 Å². The number of nitrogens with zero attached hydrogens (tertiary/aromatic N) is 3. The van der Waals surface area contributed by atoms with Gasteiger partial charge in [-0.1, -0.05) is 71.9 Å². The quantitative estimate of drug-likeness (QED) is 0.424. The van der Waals surface area contributed by atoms with Crippen molar-refractivity contribution >= 4 is 12.2 Å². The van der Waals surface area contributed by atoms with Crippen LogP contribution < -0.4 is 11.0 Å². The monoisotopic (exact) mass is 419 g/mol. The standard InChI is InChI=1S/C24H29N5O2/c1-23(2,3)17-12-15(13-18(20(17)30)24(4,5)6)14-25-28-22-26-21(31)19(27-29-22)16-10-8-7-9-11-16/h7-14,30H,1-6H3,(H2,26,28,29,31)/b25-14+. The molecule has 3 rings (SSSR count). The first-order chi connectivity index (χ1) is 14.5. The summed E-state index contributed by atoms with van der Waals surface area (Å²) in [6.07, 6.45) is 1.63. The molecule has 0 aliphatic heterocycles. The van der Waals surface area contributed by atoms with Gasteiger partial charge in [-0.05, 0) is 28.5 Å². The van der Waals surface area contributed by atoms with Crippen molar-refractivity contribution in [2.45, 2.75) is 52.4 Å². The van der Waals surface area contributed by atoms with Crippen molar-refractivity contribution in [1.82, 2.24) is 15.2 Å². The average Bonchev–Trinajstić information content (AvgIpc) is 2.68. The number of phenols is 1. The Morgan fingerprint density at radius 3 is 2.06 bits per heavy atom. The largest absolute Gasteiger partial charge is 0.507 e. The van der Waals surface area contributed by atoms with Crippen LogP contribution in [0.25, 0.3) is 11.3 Å². The zero-order valence-corrected chi connectivity index (χ0v) is 18.8. The Labute approximate surface area is 182 Å². The third-order valence-corrected chi connectivity index (χ3v) is 4.88. The zero-order chi connectivity index (χ0) is 22.8. The molecule has 1 aromatic heterocycles. The molecule has 0 spiro atoms. The van der Waals surface area contributed by atoms with Crippen molar-refractivity contribution in [3.05, 3.63) is 69.5 Å². The van der Waals surface area contributed by atoms with Gasteiger partial charge in [-0.2, -0.15) is 5.10 Å². The van der Waals surface area contributed by atoms with Gasteiger partial charge in [-0.25, -0.2) is 5.43 Å². The fourth-order valence-corrected chi connectivity index (χ4v) is 3.22. The molecule has 0 saturated heterocycles. The number of hydrazone groups is 1. The predicted molar refractivity (Wildman–Crippen MR) is 125 cm³/mol. The summed E-state index contributed by atoms with van der Waals surface area (Å²) < 4.78 is 0. The summed E-state index contributed by atoms with van der Waals surface area (Å²) in [6, 6.07) is 13.0. The minimum atomic E-state index is -0.353. The van der Waals surface area contributed by atoms with Crippen LogP contribution in [-0.4, -0.2) is 26.5 Å². The second kappa shape index (κ2) is 8.34. The molecule has 0 aliphatic carbocycles. The molecule has 0 fully saturated rings. The summed E-state index contributed by atoms with van der Waals surface area (Å²) in [5.41, 5.74) is 5.38. The highest BCUT2D eigenvalue weighted by molar-refractivity contribution is 5.82. The molecule has 2 aromatic carbocycles. The van der Waals surface area contributed by atoms with Crippen LogP contribution in [0.15, 0.2) is 52.4 Å². The van der Waals surface area contributed by atoms with Gasteiger partial charge < -0.3 is 5.11 Å². The van der Waals surface area contributed by atoms with Gasteiger partial charge in [0.15, 0.2) is 5.69 Å². The molecule has 0 saturated carbocycles. The van der Waals surface area contributed by atoms with Crippen LogP contribution in [0.3, 0.4) is 0 Å². The number of aromatic nitrogens is 3. The van der Waals surface area contributed by atoms with Gasteiger partial charge >= 0.3 is 0 Å². The van der Waals surface area contributed by atoms with E-state index in [2.05, 4.69) is 67.3 Å². The first-order valence-electron chi connectivity index (χ1n) is 10.2. The number of anilines is 1. The number of phenolic OH excluding ortho intramolecular Hbond substituents is 1. The predicted octanol–water partition coefficient (Wildman–Crippen LogP) is 4.58. The number of benzene rings is 2. The van der Waals surface area contributed by atoms with Gasteiger partial charge in [0.25, 0.3) is 5.56 Å². The van der Waals surface area contributed by atoms with Crippen LogP contribution in [0.2, 0.25) is 0 Å². The second-order valence-electron chi connectivity index (χ2n) is 9.55. The normalized spacial score (nSPS) is 12.3.